The highest BCUT2D eigenvalue weighted by Crippen LogP contribution is 2.07. The fourth-order valence-electron chi connectivity index (χ4n) is 2.04. The van der Waals surface area contributed by atoms with E-state index in [1.165, 1.54) is 0 Å². The zero-order valence-electron chi connectivity index (χ0n) is 13.4. The van der Waals surface area contributed by atoms with E-state index in [1.54, 1.807) is 6.20 Å². The molecule has 1 atom stereocenters. The highest BCUT2D eigenvalue weighted by atomic mass is 32.2. The van der Waals surface area contributed by atoms with E-state index in [2.05, 4.69) is 10.3 Å². The monoisotopic (exact) mass is 331 g/mol. The Hall–Kier alpha value is -2.05. The van der Waals surface area contributed by atoms with Crippen LogP contribution in [0, 0.1) is 6.92 Å². The zero-order chi connectivity index (χ0) is 16.7. The van der Waals surface area contributed by atoms with E-state index in [0.29, 0.717) is 18.1 Å². The molecule has 0 radical (unpaired) electrons. The van der Waals surface area contributed by atoms with Gasteiger partial charge in [-0.1, -0.05) is 18.2 Å². The van der Waals surface area contributed by atoms with E-state index in [0.717, 1.165) is 10.5 Å². The average molecular weight is 331 g/mol. The number of amides is 1. The quantitative estimate of drug-likeness (QED) is 0.844. The first-order valence-electron chi connectivity index (χ1n) is 7.39. The summed E-state index contributed by atoms with van der Waals surface area (Å²) in [6, 6.07) is 13.1. The van der Waals surface area contributed by atoms with Gasteiger partial charge in [0.05, 0.1) is 17.3 Å². The van der Waals surface area contributed by atoms with Crippen LogP contribution in [0.1, 0.15) is 5.56 Å². The summed E-state index contributed by atoms with van der Waals surface area (Å²) in [5, 5.41) is 2.77. The van der Waals surface area contributed by atoms with Crippen LogP contribution in [-0.2, 0) is 15.6 Å². The van der Waals surface area contributed by atoms with Gasteiger partial charge in [0, 0.05) is 23.4 Å². The first-order chi connectivity index (χ1) is 11.0. The number of carbonyl (C=O) groups excluding carboxylic acids is 1. The van der Waals surface area contributed by atoms with Gasteiger partial charge in [-0.15, -0.1) is 0 Å². The average Bonchev–Trinajstić information content (AvgIpc) is 2.53. The number of anilines is 1. The summed E-state index contributed by atoms with van der Waals surface area (Å²) in [5.74, 6) is 0.920. The predicted octanol–water partition coefficient (Wildman–Crippen LogP) is 2.07. The van der Waals surface area contributed by atoms with Gasteiger partial charge in [0.2, 0.25) is 5.91 Å². The van der Waals surface area contributed by atoms with Gasteiger partial charge in [-0.3, -0.25) is 13.9 Å². The van der Waals surface area contributed by atoms with Gasteiger partial charge in [-0.25, -0.2) is 4.98 Å². The van der Waals surface area contributed by atoms with Gasteiger partial charge in [-0.2, -0.15) is 0 Å². The molecule has 0 bridgehead atoms. The van der Waals surface area contributed by atoms with Crippen molar-refractivity contribution in [3.8, 4) is 0 Å². The molecule has 0 saturated heterocycles. The minimum absolute atomic E-state index is 0.129. The van der Waals surface area contributed by atoms with Crippen LogP contribution in [0.25, 0.3) is 0 Å². The highest BCUT2D eigenvalue weighted by Gasteiger charge is 2.10. The largest absolute Gasteiger partial charge is 0.310 e. The number of likely N-dealkylation sites (N-methyl/N-ethyl adjacent to an activating group) is 1. The summed E-state index contributed by atoms with van der Waals surface area (Å²) in [7, 11) is 0.793. The second-order valence-corrected chi connectivity index (χ2v) is 6.94. The van der Waals surface area contributed by atoms with E-state index in [1.807, 2.05) is 61.3 Å². The Labute approximate surface area is 139 Å². The first-order valence-corrected chi connectivity index (χ1v) is 8.71. The molecule has 1 unspecified atom stereocenters. The molecule has 0 saturated carbocycles. The van der Waals surface area contributed by atoms with Crippen molar-refractivity contribution in [1.82, 2.24) is 9.88 Å². The van der Waals surface area contributed by atoms with Crippen molar-refractivity contribution >= 4 is 22.5 Å². The molecular weight excluding hydrogens is 310 g/mol. The number of pyridine rings is 1. The molecule has 0 aliphatic rings. The van der Waals surface area contributed by atoms with Crippen LogP contribution in [0.3, 0.4) is 0 Å². The molecule has 6 heteroatoms. The Morgan fingerprint density at radius 1 is 1.26 bits per heavy atom. The molecule has 0 spiro atoms. The van der Waals surface area contributed by atoms with Gasteiger partial charge >= 0.3 is 0 Å². The molecular formula is C17H21N3O2S. The molecule has 1 N–H and O–H groups in total. The maximum Gasteiger partial charge on any atom is 0.239 e. The molecule has 1 aromatic heterocycles. The van der Waals surface area contributed by atoms with Gasteiger partial charge < -0.3 is 5.32 Å². The smallest absolute Gasteiger partial charge is 0.239 e. The second-order valence-electron chi connectivity index (χ2n) is 5.37. The highest BCUT2D eigenvalue weighted by molar-refractivity contribution is 7.85. The minimum atomic E-state index is -1.05. The molecule has 2 aromatic rings. The Kier molecular flexibility index (Phi) is 6.43. The van der Waals surface area contributed by atoms with Crippen molar-refractivity contribution in [2.75, 3.05) is 31.2 Å². The maximum absolute atomic E-state index is 12.1. The molecule has 0 aliphatic carbocycles. The normalized spacial score (nSPS) is 12.1. The van der Waals surface area contributed by atoms with Crippen molar-refractivity contribution in [2.45, 2.75) is 11.8 Å². The fourth-order valence-corrected chi connectivity index (χ4v) is 3.21. The van der Waals surface area contributed by atoms with E-state index in [-0.39, 0.29) is 12.5 Å². The standard InChI is InChI=1S/C17H21N3O2S/c1-14-8-9-18-16(12-14)19-17(21)13-20(2)10-11-23(22)15-6-4-3-5-7-15/h3-9,12H,10-11,13H2,1-2H3,(H,18,19,21). The zero-order valence-corrected chi connectivity index (χ0v) is 14.2. The van der Waals surface area contributed by atoms with Crippen LogP contribution < -0.4 is 5.32 Å². The number of carbonyl (C=O) groups is 1. The summed E-state index contributed by atoms with van der Waals surface area (Å²) in [6.07, 6.45) is 1.66. The lowest BCUT2D eigenvalue weighted by Crippen LogP contribution is -2.33. The van der Waals surface area contributed by atoms with Crippen LogP contribution >= 0.6 is 0 Å². The van der Waals surface area contributed by atoms with E-state index in [4.69, 9.17) is 0 Å². The van der Waals surface area contributed by atoms with Gasteiger partial charge in [0.1, 0.15) is 5.82 Å². The number of nitrogens with zero attached hydrogens (tertiary/aromatic N) is 2. The van der Waals surface area contributed by atoms with Crippen LogP contribution in [0.2, 0.25) is 0 Å². The lowest BCUT2D eigenvalue weighted by Gasteiger charge is -2.15. The maximum atomic E-state index is 12.1. The van der Waals surface area contributed by atoms with Crippen molar-refractivity contribution in [3.63, 3.8) is 0 Å². The van der Waals surface area contributed by atoms with Crippen LogP contribution in [0.4, 0.5) is 5.82 Å². The summed E-state index contributed by atoms with van der Waals surface area (Å²) in [5.41, 5.74) is 1.04. The third kappa shape index (κ3) is 5.92. The molecule has 0 aliphatic heterocycles. The van der Waals surface area contributed by atoms with Crippen molar-refractivity contribution in [3.05, 3.63) is 54.2 Å². The van der Waals surface area contributed by atoms with Gasteiger partial charge in [0.15, 0.2) is 0 Å². The van der Waals surface area contributed by atoms with E-state index in [9.17, 15) is 9.00 Å². The number of rotatable bonds is 7. The molecule has 122 valence electrons. The van der Waals surface area contributed by atoms with Crippen LogP contribution in [0.15, 0.2) is 53.6 Å². The SMILES string of the molecule is Cc1ccnc(NC(=O)CN(C)CCS(=O)c2ccccc2)c1. The number of hydrogen-bond donors (Lipinski definition) is 1. The molecule has 1 heterocycles. The third-order valence-corrected chi connectivity index (χ3v) is 4.61. The van der Waals surface area contributed by atoms with Gasteiger partial charge in [0.25, 0.3) is 0 Å². The van der Waals surface area contributed by atoms with Crippen molar-refractivity contribution in [1.29, 1.82) is 0 Å². The molecule has 1 amide bonds. The van der Waals surface area contributed by atoms with Crippen LogP contribution in [-0.4, -0.2) is 45.9 Å². The number of nitrogens with one attached hydrogen (secondary N) is 1. The lowest BCUT2D eigenvalue weighted by molar-refractivity contribution is -0.117. The topological polar surface area (TPSA) is 62.3 Å². The summed E-state index contributed by atoms with van der Waals surface area (Å²) >= 11 is 0. The fraction of sp³-hybridized carbons (Fsp3) is 0.294. The summed E-state index contributed by atoms with van der Waals surface area (Å²) < 4.78 is 12.1. The van der Waals surface area contributed by atoms with Gasteiger partial charge in [-0.05, 0) is 43.8 Å². The van der Waals surface area contributed by atoms with Crippen molar-refractivity contribution in [2.24, 2.45) is 0 Å². The minimum Gasteiger partial charge on any atom is -0.310 e. The van der Waals surface area contributed by atoms with E-state index < -0.39 is 10.8 Å². The number of hydrogen-bond acceptors (Lipinski definition) is 4. The Bertz CT molecular complexity index is 677. The Balaban J connectivity index is 1.77. The molecule has 23 heavy (non-hydrogen) atoms. The molecule has 1 aromatic carbocycles. The number of benzene rings is 1. The predicted molar refractivity (Wildman–Crippen MR) is 92.8 cm³/mol. The third-order valence-electron chi connectivity index (χ3n) is 3.26. The van der Waals surface area contributed by atoms with E-state index >= 15 is 0 Å². The summed E-state index contributed by atoms with van der Waals surface area (Å²) in [4.78, 5) is 18.7. The first kappa shape index (κ1) is 17.3. The molecule has 0 fully saturated rings. The molecule has 5 nitrogen and oxygen atoms in total. The molecule has 2 rings (SSSR count). The number of aryl methyl sites for hydroxylation is 1. The number of aromatic nitrogens is 1. The Morgan fingerprint density at radius 3 is 2.70 bits per heavy atom. The lowest BCUT2D eigenvalue weighted by atomic mass is 10.3. The van der Waals surface area contributed by atoms with Crippen molar-refractivity contribution < 1.29 is 9.00 Å². The van der Waals surface area contributed by atoms with Crippen LogP contribution in [0.5, 0.6) is 0 Å². The second kappa shape index (κ2) is 8.55. The Morgan fingerprint density at radius 2 is 2.00 bits per heavy atom. The summed E-state index contributed by atoms with van der Waals surface area (Å²) in [6.45, 7) is 2.76.